The van der Waals surface area contributed by atoms with E-state index in [4.69, 9.17) is 22.1 Å². The largest absolute Gasteiger partial charge is 0.383 e. The van der Waals surface area contributed by atoms with E-state index >= 15 is 0 Å². The van der Waals surface area contributed by atoms with E-state index in [1.807, 2.05) is 19.1 Å². The van der Waals surface area contributed by atoms with E-state index < -0.39 is 9.73 Å². The summed E-state index contributed by atoms with van der Waals surface area (Å²) in [6.45, 7) is 2.13. The molecule has 1 aliphatic heterocycles. The Balaban J connectivity index is 2.01. The summed E-state index contributed by atoms with van der Waals surface area (Å²) in [5.74, 6) is 0.452. The van der Waals surface area contributed by atoms with Crippen LogP contribution in [0, 0.1) is 4.78 Å². The lowest BCUT2D eigenvalue weighted by molar-refractivity contribution is -0.117. The van der Waals surface area contributed by atoms with Gasteiger partial charge in [0, 0.05) is 16.3 Å². The first kappa shape index (κ1) is 17.6. The summed E-state index contributed by atoms with van der Waals surface area (Å²) >= 11 is 5.89. The first-order valence-corrected chi connectivity index (χ1v) is 9.90. The standard InChI is InChI=1S/C16H18ClN5O2S/c1-2-7-25(19,24)16-20-14(18)12-8-13(23)22(15(12)21-16)9-10-3-5-11(17)6-4-10/h3-6,19H,2,7-9H2,1H3,(H2,18,20,21). The predicted octanol–water partition coefficient (Wildman–Crippen LogP) is 2.62. The molecule has 0 radical (unpaired) electrons. The molecule has 0 spiro atoms. The molecule has 1 atom stereocenters. The molecule has 3 N–H and O–H groups in total. The van der Waals surface area contributed by atoms with Crippen molar-refractivity contribution in [2.24, 2.45) is 0 Å². The Morgan fingerprint density at radius 1 is 1.32 bits per heavy atom. The van der Waals surface area contributed by atoms with E-state index in [2.05, 4.69) is 9.97 Å². The fourth-order valence-corrected chi connectivity index (χ4v) is 4.05. The van der Waals surface area contributed by atoms with Crippen LogP contribution in [0.15, 0.2) is 29.4 Å². The van der Waals surface area contributed by atoms with Gasteiger partial charge >= 0.3 is 0 Å². The smallest absolute Gasteiger partial charge is 0.233 e. The Morgan fingerprint density at radius 3 is 2.64 bits per heavy atom. The van der Waals surface area contributed by atoms with Crippen molar-refractivity contribution in [3.63, 3.8) is 0 Å². The molecule has 7 nitrogen and oxygen atoms in total. The second kappa shape index (κ2) is 6.61. The average Bonchev–Trinajstić information content (AvgIpc) is 2.86. The fourth-order valence-electron chi connectivity index (χ4n) is 2.69. The van der Waals surface area contributed by atoms with Gasteiger partial charge in [0.15, 0.2) is 0 Å². The van der Waals surface area contributed by atoms with Gasteiger partial charge in [-0.15, -0.1) is 0 Å². The highest BCUT2D eigenvalue weighted by Crippen LogP contribution is 2.32. The van der Waals surface area contributed by atoms with Gasteiger partial charge in [0.05, 0.1) is 13.0 Å². The van der Waals surface area contributed by atoms with Crippen LogP contribution in [0.5, 0.6) is 0 Å². The SMILES string of the molecule is CCCS(=N)(=O)c1nc(N)c2c(n1)N(Cc1ccc(Cl)cc1)C(=O)C2. The number of hydrogen-bond donors (Lipinski definition) is 2. The van der Waals surface area contributed by atoms with Gasteiger partial charge in [-0.3, -0.25) is 9.69 Å². The minimum Gasteiger partial charge on any atom is -0.383 e. The Hall–Kier alpha value is -2.19. The van der Waals surface area contributed by atoms with Gasteiger partial charge in [0.1, 0.15) is 21.4 Å². The van der Waals surface area contributed by atoms with Crippen molar-refractivity contribution >= 4 is 38.9 Å². The molecule has 2 heterocycles. The van der Waals surface area contributed by atoms with E-state index in [1.54, 1.807) is 12.1 Å². The van der Waals surface area contributed by atoms with Crippen LogP contribution in [0.25, 0.3) is 0 Å². The van der Waals surface area contributed by atoms with Crippen molar-refractivity contribution in [1.29, 1.82) is 4.78 Å². The maximum atomic E-state index is 12.5. The third kappa shape index (κ3) is 3.45. The number of carbonyl (C=O) groups excluding carboxylic acids is 1. The van der Waals surface area contributed by atoms with E-state index in [0.717, 1.165) is 5.56 Å². The van der Waals surface area contributed by atoms with E-state index in [0.29, 0.717) is 29.4 Å². The van der Waals surface area contributed by atoms with E-state index in [9.17, 15) is 9.00 Å². The first-order valence-electron chi connectivity index (χ1n) is 7.79. The Bertz CT molecular complexity index is 928. The number of carbonyl (C=O) groups is 1. The van der Waals surface area contributed by atoms with Gasteiger partial charge < -0.3 is 5.73 Å². The molecule has 3 rings (SSSR count). The summed E-state index contributed by atoms with van der Waals surface area (Å²) in [6, 6.07) is 7.14. The topological polar surface area (TPSA) is 113 Å². The van der Waals surface area contributed by atoms with Gasteiger partial charge in [-0.05, 0) is 24.1 Å². The lowest BCUT2D eigenvalue weighted by atomic mass is 10.2. The number of rotatable bonds is 5. The molecule has 1 aromatic carbocycles. The first-order chi connectivity index (χ1) is 11.8. The van der Waals surface area contributed by atoms with Crippen LogP contribution >= 0.6 is 11.6 Å². The molecule has 9 heteroatoms. The fraction of sp³-hybridized carbons (Fsp3) is 0.312. The minimum atomic E-state index is -3.13. The van der Waals surface area contributed by atoms with E-state index in [1.165, 1.54) is 4.90 Å². The Kier molecular flexibility index (Phi) is 4.66. The molecule has 0 saturated carbocycles. The molecule has 0 saturated heterocycles. The number of nitrogens with zero attached hydrogens (tertiary/aromatic N) is 3. The average molecular weight is 380 g/mol. The van der Waals surface area contributed by atoms with Crippen LogP contribution in [0.1, 0.15) is 24.5 Å². The monoisotopic (exact) mass is 379 g/mol. The number of nitrogen functional groups attached to an aromatic ring is 1. The highest BCUT2D eigenvalue weighted by Gasteiger charge is 2.33. The summed E-state index contributed by atoms with van der Waals surface area (Å²) < 4.78 is 20.5. The molecule has 0 fully saturated rings. The Labute approximate surface area is 151 Å². The van der Waals surface area contributed by atoms with Gasteiger partial charge in [0.2, 0.25) is 11.1 Å². The molecular formula is C16H18ClN5O2S. The molecule has 132 valence electrons. The number of nitrogens with one attached hydrogen (secondary N) is 1. The zero-order valence-corrected chi connectivity index (χ0v) is 15.2. The molecule has 0 aliphatic carbocycles. The van der Waals surface area contributed by atoms with Gasteiger partial charge in [0.25, 0.3) is 0 Å². The summed E-state index contributed by atoms with van der Waals surface area (Å²) in [5, 5.41) is 0.501. The number of benzene rings is 1. The van der Waals surface area contributed by atoms with Crippen LogP contribution in [0.4, 0.5) is 11.6 Å². The van der Waals surface area contributed by atoms with Crippen LogP contribution in [-0.2, 0) is 27.5 Å². The number of halogens is 1. The second-order valence-electron chi connectivity index (χ2n) is 5.86. The van der Waals surface area contributed by atoms with Crippen molar-refractivity contribution in [1.82, 2.24) is 9.97 Å². The lowest BCUT2D eigenvalue weighted by Crippen LogP contribution is -2.27. The van der Waals surface area contributed by atoms with Crippen LogP contribution in [-0.4, -0.2) is 25.8 Å². The third-order valence-electron chi connectivity index (χ3n) is 3.92. The number of fused-ring (bicyclic) bond motifs is 1. The summed E-state index contributed by atoms with van der Waals surface area (Å²) in [4.78, 5) is 22.2. The normalized spacial score (nSPS) is 15.9. The molecule has 1 aliphatic rings. The van der Waals surface area contributed by atoms with Crippen molar-refractivity contribution in [3.8, 4) is 0 Å². The zero-order chi connectivity index (χ0) is 18.2. The Morgan fingerprint density at radius 2 is 2.00 bits per heavy atom. The van der Waals surface area contributed by atoms with Crippen molar-refractivity contribution in [2.45, 2.75) is 31.5 Å². The van der Waals surface area contributed by atoms with Crippen LogP contribution in [0.3, 0.4) is 0 Å². The maximum absolute atomic E-state index is 12.5. The third-order valence-corrected chi connectivity index (χ3v) is 5.93. The number of hydrogen-bond acceptors (Lipinski definition) is 6. The molecule has 0 bridgehead atoms. The van der Waals surface area contributed by atoms with Gasteiger partial charge in [-0.25, -0.2) is 19.0 Å². The summed E-state index contributed by atoms with van der Waals surface area (Å²) in [7, 11) is -3.13. The number of aromatic nitrogens is 2. The highest BCUT2D eigenvalue weighted by molar-refractivity contribution is 7.92. The second-order valence-corrected chi connectivity index (χ2v) is 8.42. The van der Waals surface area contributed by atoms with Crippen molar-refractivity contribution in [2.75, 3.05) is 16.4 Å². The van der Waals surface area contributed by atoms with Crippen molar-refractivity contribution in [3.05, 3.63) is 40.4 Å². The van der Waals surface area contributed by atoms with Crippen molar-refractivity contribution < 1.29 is 9.00 Å². The molecule has 1 unspecified atom stereocenters. The number of nitrogens with two attached hydrogens (primary N) is 1. The predicted molar refractivity (Wildman–Crippen MR) is 97.1 cm³/mol. The number of amides is 1. The summed E-state index contributed by atoms with van der Waals surface area (Å²) in [5.41, 5.74) is 7.35. The zero-order valence-electron chi connectivity index (χ0n) is 13.7. The molecule has 2 aromatic rings. The maximum Gasteiger partial charge on any atom is 0.233 e. The molecule has 25 heavy (non-hydrogen) atoms. The quantitative estimate of drug-likeness (QED) is 0.775. The minimum absolute atomic E-state index is 0.0992. The van der Waals surface area contributed by atoms with Crippen LogP contribution in [0.2, 0.25) is 5.02 Å². The van der Waals surface area contributed by atoms with Gasteiger partial charge in [-0.1, -0.05) is 30.7 Å². The molecule has 1 amide bonds. The molecular weight excluding hydrogens is 362 g/mol. The summed E-state index contributed by atoms with van der Waals surface area (Å²) in [6.07, 6.45) is 0.665. The molecule has 1 aromatic heterocycles. The lowest BCUT2D eigenvalue weighted by Gasteiger charge is -2.17. The van der Waals surface area contributed by atoms with Crippen LogP contribution < -0.4 is 10.6 Å². The number of anilines is 2. The highest BCUT2D eigenvalue weighted by atomic mass is 35.5. The van der Waals surface area contributed by atoms with E-state index in [-0.39, 0.29) is 29.1 Å². The van der Waals surface area contributed by atoms with Gasteiger partial charge in [-0.2, -0.15) is 0 Å².